The molecule has 1 fully saturated rings. The van der Waals surface area contributed by atoms with Crippen LogP contribution < -0.4 is 0 Å². The Balaban J connectivity index is 2.58. The van der Waals surface area contributed by atoms with Crippen LogP contribution in [0.15, 0.2) is 11.6 Å². The number of hydrogen-bond donors (Lipinski definition) is 1. The predicted octanol–water partition coefficient (Wildman–Crippen LogP) is 0.183. The predicted molar refractivity (Wildman–Crippen MR) is 58.2 cm³/mol. The molecule has 1 rings (SSSR count). The van der Waals surface area contributed by atoms with Gasteiger partial charge in [0.2, 0.25) is 5.91 Å². The molecule has 17 heavy (non-hydrogen) atoms. The van der Waals surface area contributed by atoms with Gasteiger partial charge in [-0.15, -0.1) is 0 Å². The van der Waals surface area contributed by atoms with Crippen LogP contribution in [-0.4, -0.2) is 48.1 Å². The molecule has 0 unspecified atom stereocenters. The van der Waals surface area contributed by atoms with Crippen LogP contribution in [0.4, 0.5) is 0 Å². The molecule has 0 atom stereocenters. The summed E-state index contributed by atoms with van der Waals surface area (Å²) in [6.45, 7) is 1.02. The van der Waals surface area contributed by atoms with Gasteiger partial charge in [0.25, 0.3) is 0 Å². The zero-order valence-corrected chi connectivity index (χ0v) is 9.64. The van der Waals surface area contributed by atoms with Gasteiger partial charge in [0.05, 0.1) is 7.11 Å². The molecular weight excluding hydrogens is 226 g/mol. The van der Waals surface area contributed by atoms with Gasteiger partial charge in [0.1, 0.15) is 0 Å². The molecule has 1 saturated heterocycles. The summed E-state index contributed by atoms with van der Waals surface area (Å²) in [5.74, 6) is -1.82. The second-order valence-corrected chi connectivity index (χ2v) is 3.73. The number of carboxylic acid groups (broad SMARTS) is 1. The van der Waals surface area contributed by atoms with Gasteiger partial charge in [-0.2, -0.15) is 0 Å². The topological polar surface area (TPSA) is 83.9 Å². The van der Waals surface area contributed by atoms with Crippen molar-refractivity contribution in [1.82, 2.24) is 4.90 Å². The van der Waals surface area contributed by atoms with E-state index in [0.717, 1.165) is 12.5 Å². The Morgan fingerprint density at radius 1 is 1.53 bits per heavy atom. The summed E-state index contributed by atoms with van der Waals surface area (Å²) < 4.78 is 4.48. The molecule has 0 radical (unpaired) electrons. The summed E-state index contributed by atoms with van der Waals surface area (Å²) >= 11 is 0. The summed E-state index contributed by atoms with van der Waals surface area (Å²) in [5.41, 5.74) is 0.0692. The Morgan fingerprint density at radius 3 is 2.71 bits per heavy atom. The number of aliphatic carboxylic acids is 1. The van der Waals surface area contributed by atoms with Crippen molar-refractivity contribution < 1.29 is 24.2 Å². The zero-order valence-electron chi connectivity index (χ0n) is 9.64. The Morgan fingerprint density at radius 2 is 2.24 bits per heavy atom. The average Bonchev–Trinajstić information content (AvgIpc) is 2.68. The number of rotatable bonds is 5. The number of esters is 1. The first-order valence-electron chi connectivity index (χ1n) is 5.34. The minimum absolute atomic E-state index is 0.0459. The zero-order chi connectivity index (χ0) is 12.8. The molecule has 0 saturated carbocycles. The smallest absolute Gasteiger partial charge is 0.334 e. The van der Waals surface area contributed by atoms with E-state index in [2.05, 4.69) is 4.74 Å². The van der Waals surface area contributed by atoms with E-state index in [-0.39, 0.29) is 17.9 Å². The van der Waals surface area contributed by atoms with E-state index in [9.17, 15) is 14.4 Å². The van der Waals surface area contributed by atoms with Gasteiger partial charge in [0, 0.05) is 31.2 Å². The van der Waals surface area contributed by atoms with Crippen LogP contribution in [0.3, 0.4) is 0 Å². The fourth-order valence-corrected chi connectivity index (χ4v) is 1.71. The maximum absolute atomic E-state index is 11.3. The molecule has 1 aliphatic rings. The van der Waals surface area contributed by atoms with Crippen molar-refractivity contribution in [3.05, 3.63) is 11.6 Å². The van der Waals surface area contributed by atoms with Gasteiger partial charge in [-0.05, 0) is 12.8 Å². The molecule has 0 aromatic rings. The second-order valence-electron chi connectivity index (χ2n) is 3.73. The summed E-state index contributed by atoms with van der Waals surface area (Å²) in [4.78, 5) is 34.7. The summed E-state index contributed by atoms with van der Waals surface area (Å²) in [7, 11) is 1.19. The van der Waals surface area contributed by atoms with Gasteiger partial charge < -0.3 is 14.7 Å². The fraction of sp³-hybridized carbons (Fsp3) is 0.545. The number of hydrogen-bond acceptors (Lipinski definition) is 4. The highest BCUT2D eigenvalue weighted by molar-refractivity contribution is 5.95. The molecule has 0 spiro atoms. The van der Waals surface area contributed by atoms with Gasteiger partial charge in [0.15, 0.2) is 0 Å². The lowest BCUT2D eigenvalue weighted by Crippen LogP contribution is -2.27. The summed E-state index contributed by atoms with van der Waals surface area (Å²) in [6.07, 6.45) is 2.36. The number of carbonyl (C=O) groups excluding carboxylic acids is 2. The first kappa shape index (κ1) is 13.2. The molecule has 1 heterocycles. The average molecular weight is 241 g/mol. The minimum Gasteiger partial charge on any atom is -0.478 e. The van der Waals surface area contributed by atoms with E-state index >= 15 is 0 Å². The Hall–Kier alpha value is -1.85. The van der Waals surface area contributed by atoms with Crippen molar-refractivity contribution in [2.75, 3.05) is 20.2 Å². The largest absolute Gasteiger partial charge is 0.478 e. The molecule has 1 N–H and O–H groups in total. The molecule has 1 aliphatic heterocycles. The van der Waals surface area contributed by atoms with Crippen LogP contribution in [0, 0.1) is 0 Å². The standard InChI is InChI=1S/C11H15NO5/c1-17-11(16)8(7-10(14)15)4-6-12-5-2-3-9(12)13/h7H,2-6H2,1H3,(H,14,15)/b8-7+. The van der Waals surface area contributed by atoms with Crippen molar-refractivity contribution >= 4 is 17.8 Å². The molecule has 0 bridgehead atoms. The van der Waals surface area contributed by atoms with Gasteiger partial charge in [-0.25, -0.2) is 9.59 Å². The maximum atomic E-state index is 11.3. The van der Waals surface area contributed by atoms with Crippen molar-refractivity contribution in [3.8, 4) is 0 Å². The van der Waals surface area contributed by atoms with Gasteiger partial charge in [-0.1, -0.05) is 0 Å². The second kappa shape index (κ2) is 6.03. The third kappa shape index (κ3) is 3.90. The first-order valence-corrected chi connectivity index (χ1v) is 5.34. The lowest BCUT2D eigenvalue weighted by Gasteiger charge is -2.15. The number of amides is 1. The molecule has 0 aliphatic carbocycles. The molecule has 0 aromatic carbocycles. The van der Waals surface area contributed by atoms with E-state index in [0.29, 0.717) is 19.5 Å². The highest BCUT2D eigenvalue weighted by Gasteiger charge is 2.21. The molecule has 6 nitrogen and oxygen atoms in total. The Kier molecular flexibility index (Phi) is 4.68. The van der Waals surface area contributed by atoms with Crippen molar-refractivity contribution in [2.24, 2.45) is 0 Å². The van der Waals surface area contributed by atoms with Crippen LogP contribution >= 0.6 is 0 Å². The van der Waals surface area contributed by atoms with Crippen LogP contribution in [0.1, 0.15) is 19.3 Å². The highest BCUT2D eigenvalue weighted by Crippen LogP contribution is 2.13. The van der Waals surface area contributed by atoms with E-state index in [1.165, 1.54) is 7.11 Å². The summed E-state index contributed by atoms with van der Waals surface area (Å²) in [5, 5.41) is 8.61. The van der Waals surface area contributed by atoms with E-state index < -0.39 is 11.9 Å². The van der Waals surface area contributed by atoms with E-state index in [1.54, 1.807) is 4.90 Å². The highest BCUT2D eigenvalue weighted by atomic mass is 16.5. The third-order valence-electron chi connectivity index (χ3n) is 2.57. The van der Waals surface area contributed by atoms with Gasteiger partial charge >= 0.3 is 11.9 Å². The van der Waals surface area contributed by atoms with E-state index in [1.807, 2.05) is 0 Å². The quantitative estimate of drug-likeness (QED) is 0.548. The van der Waals surface area contributed by atoms with Crippen LogP contribution in [-0.2, 0) is 19.1 Å². The Bertz CT molecular complexity index is 361. The Labute approximate surface area is 98.8 Å². The maximum Gasteiger partial charge on any atom is 0.334 e. The molecule has 0 aromatic heterocycles. The number of ether oxygens (including phenoxy) is 1. The van der Waals surface area contributed by atoms with Crippen molar-refractivity contribution in [3.63, 3.8) is 0 Å². The van der Waals surface area contributed by atoms with Crippen molar-refractivity contribution in [1.29, 1.82) is 0 Å². The van der Waals surface area contributed by atoms with Crippen LogP contribution in [0.5, 0.6) is 0 Å². The molecular formula is C11H15NO5. The first-order chi connectivity index (χ1) is 8.04. The minimum atomic E-state index is -1.20. The number of carboxylic acids is 1. The molecule has 94 valence electrons. The molecule has 1 amide bonds. The molecule has 6 heteroatoms. The number of likely N-dealkylation sites (tertiary alicyclic amines) is 1. The number of nitrogens with zero attached hydrogens (tertiary/aromatic N) is 1. The fourth-order valence-electron chi connectivity index (χ4n) is 1.71. The van der Waals surface area contributed by atoms with Crippen LogP contribution in [0.2, 0.25) is 0 Å². The lowest BCUT2D eigenvalue weighted by atomic mass is 10.1. The third-order valence-corrected chi connectivity index (χ3v) is 2.57. The summed E-state index contributed by atoms with van der Waals surface area (Å²) in [6, 6.07) is 0. The number of carbonyl (C=O) groups is 3. The van der Waals surface area contributed by atoms with Crippen LogP contribution in [0.25, 0.3) is 0 Å². The monoisotopic (exact) mass is 241 g/mol. The SMILES string of the molecule is COC(=O)/C(=C/C(=O)O)CCN1CCCC1=O. The van der Waals surface area contributed by atoms with Crippen molar-refractivity contribution in [2.45, 2.75) is 19.3 Å². The lowest BCUT2D eigenvalue weighted by molar-refractivity contribution is -0.138. The normalized spacial score (nSPS) is 16.2. The van der Waals surface area contributed by atoms with Gasteiger partial charge in [-0.3, -0.25) is 4.79 Å². The number of methoxy groups -OCH3 is 1. The van der Waals surface area contributed by atoms with E-state index in [4.69, 9.17) is 5.11 Å².